The number of hydrogen-bond acceptors (Lipinski definition) is 3. The van der Waals surface area contributed by atoms with Gasteiger partial charge in [0.15, 0.2) is 0 Å². The van der Waals surface area contributed by atoms with Crippen molar-refractivity contribution in [2.24, 2.45) is 0 Å². The Morgan fingerprint density at radius 3 is 2.72 bits per heavy atom. The molecule has 0 radical (unpaired) electrons. The molecule has 1 aromatic rings. The van der Waals surface area contributed by atoms with Gasteiger partial charge in [-0.05, 0) is 30.7 Å². The van der Waals surface area contributed by atoms with Crippen LogP contribution in [0.5, 0.6) is 0 Å². The second-order valence-electron chi connectivity index (χ2n) is 3.99. The molecule has 0 unspecified atom stereocenters. The lowest BCUT2D eigenvalue weighted by Gasteiger charge is -2.23. The van der Waals surface area contributed by atoms with Gasteiger partial charge in [-0.3, -0.25) is 4.90 Å². The summed E-state index contributed by atoms with van der Waals surface area (Å²) < 4.78 is 37.1. The zero-order valence-corrected chi connectivity index (χ0v) is 10.0. The van der Waals surface area contributed by atoms with E-state index in [1.165, 1.54) is 17.2 Å². The van der Waals surface area contributed by atoms with Crippen molar-refractivity contribution < 1.29 is 13.2 Å². The lowest BCUT2D eigenvalue weighted by Crippen LogP contribution is -2.34. The first-order valence-electron chi connectivity index (χ1n) is 5.58. The number of alkyl halides is 3. The van der Waals surface area contributed by atoms with E-state index in [0.717, 1.165) is 0 Å². The topological polar surface area (TPSA) is 39.9 Å². The summed E-state index contributed by atoms with van der Waals surface area (Å²) in [5, 5.41) is 8.68. The Kier molecular flexibility index (Phi) is 5.10. The van der Waals surface area contributed by atoms with Gasteiger partial charge in [0, 0.05) is 12.7 Å². The highest BCUT2D eigenvalue weighted by atomic mass is 19.4. The lowest BCUT2D eigenvalue weighted by molar-refractivity contribution is -0.147. The Morgan fingerprint density at radius 2 is 2.17 bits per heavy atom. The highest BCUT2D eigenvalue weighted by Gasteiger charge is 2.30. The van der Waals surface area contributed by atoms with Gasteiger partial charge in [-0.2, -0.15) is 18.4 Å². The summed E-state index contributed by atoms with van der Waals surface area (Å²) in [5.74, 6) is 0. The van der Waals surface area contributed by atoms with Crippen molar-refractivity contribution in [3.63, 3.8) is 0 Å². The number of nitriles is 1. The summed E-state index contributed by atoms with van der Waals surface area (Å²) in [6, 6.07) is 5.01. The number of nitrogens with zero attached hydrogens (tertiary/aromatic N) is 3. The molecule has 0 amide bonds. The Hall–Kier alpha value is -1.61. The van der Waals surface area contributed by atoms with Crippen molar-refractivity contribution in [3.05, 3.63) is 29.6 Å². The maximum absolute atomic E-state index is 12.4. The first-order valence-corrected chi connectivity index (χ1v) is 5.58. The van der Waals surface area contributed by atoms with Gasteiger partial charge in [0.1, 0.15) is 11.8 Å². The summed E-state index contributed by atoms with van der Waals surface area (Å²) in [7, 11) is 0. The van der Waals surface area contributed by atoms with Crippen LogP contribution in [0, 0.1) is 11.3 Å². The Bertz CT molecular complexity index is 423. The molecular weight excluding hydrogens is 243 g/mol. The molecule has 0 saturated carbocycles. The summed E-state index contributed by atoms with van der Waals surface area (Å²) in [5.41, 5.74) is 0.884. The van der Waals surface area contributed by atoms with Crippen molar-refractivity contribution >= 4 is 0 Å². The van der Waals surface area contributed by atoms with Crippen LogP contribution in [-0.4, -0.2) is 29.1 Å². The maximum Gasteiger partial charge on any atom is 0.401 e. The molecule has 98 valence electrons. The van der Waals surface area contributed by atoms with Crippen LogP contribution in [0.2, 0.25) is 0 Å². The minimum Gasteiger partial charge on any atom is -0.291 e. The van der Waals surface area contributed by atoms with Crippen LogP contribution in [0.1, 0.15) is 24.6 Å². The lowest BCUT2D eigenvalue weighted by atomic mass is 10.2. The van der Waals surface area contributed by atoms with Gasteiger partial charge in [-0.15, -0.1) is 0 Å². The standard InChI is InChI=1S/C12H14F3N3/c1-2-5-18(9-12(13,14)15)8-10-3-4-17-11(6-10)7-16/h3-4,6H,2,5,8-9H2,1H3. The predicted molar refractivity (Wildman–Crippen MR) is 60.6 cm³/mol. The second-order valence-corrected chi connectivity index (χ2v) is 3.99. The summed E-state index contributed by atoms with van der Waals surface area (Å²) in [6.45, 7) is 1.43. The molecule has 6 heteroatoms. The summed E-state index contributed by atoms with van der Waals surface area (Å²) in [4.78, 5) is 5.10. The van der Waals surface area contributed by atoms with Crippen LogP contribution in [0.3, 0.4) is 0 Å². The third-order valence-corrected chi connectivity index (χ3v) is 2.29. The molecule has 1 rings (SSSR count). The third kappa shape index (κ3) is 5.15. The van der Waals surface area contributed by atoms with Crippen LogP contribution < -0.4 is 0 Å². The van der Waals surface area contributed by atoms with Gasteiger partial charge in [-0.25, -0.2) is 4.98 Å². The first kappa shape index (κ1) is 14.5. The van der Waals surface area contributed by atoms with Gasteiger partial charge in [0.2, 0.25) is 0 Å². The smallest absolute Gasteiger partial charge is 0.291 e. The molecule has 0 aromatic carbocycles. The number of halogens is 3. The zero-order valence-electron chi connectivity index (χ0n) is 10.0. The Labute approximate surface area is 104 Å². The molecule has 0 aliphatic heterocycles. The van der Waals surface area contributed by atoms with Gasteiger partial charge in [-0.1, -0.05) is 6.92 Å². The fourth-order valence-electron chi connectivity index (χ4n) is 1.68. The molecule has 3 nitrogen and oxygen atoms in total. The largest absolute Gasteiger partial charge is 0.401 e. The summed E-state index contributed by atoms with van der Waals surface area (Å²) in [6.07, 6.45) is -2.13. The zero-order chi connectivity index (χ0) is 13.6. The third-order valence-electron chi connectivity index (χ3n) is 2.29. The molecule has 0 atom stereocenters. The van der Waals surface area contributed by atoms with E-state index in [-0.39, 0.29) is 12.2 Å². The molecule has 0 saturated heterocycles. The molecule has 0 spiro atoms. The van der Waals surface area contributed by atoms with E-state index in [1.54, 1.807) is 6.07 Å². The number of hydrogen-bond donors (Lipinski definition) is 0. The minimum atomic E-state index is -4.21. The molecular formula is C12H14F3N3. The monoisotopic (exact) mass is 257 g/mol. The van der Waals surface area contributed by atoms with Gasteiger partial charge in [0.05, 0.1) is 6.54 Å². The van der Waals surface area contributed by atoms with E-state index < -0.39 is 12.7 Å². The second kappa shape index (κ2) is 6.36. The number of aromatic nitrogens is 1. The highest BCUT2D eigenvalue weighted by molar-refractivity contribution is 5.25. The highest BCUT2D eigenvalue weighted by Crippen LogP contribution is 2.18. The Morgan fingerprint density at radius 1 is 1.44 bits per heavy atom. The van der Waals surface area contributed by atoms with E-state index in [9.17, 15) is 13.2 Å². The van der Waals surface area contributed by atoms with E-state index in [4.69, 9.17) is 5.26 Å². The van der Waals surface area contributed by atoms with Crippen molar-refractivity contribution in [2.75, 3.05) is 13.1 Å². The quantitative estimate of drug-likeness (QED) is 0.814. The molecule has 0 bridgehead atoms. The van der Waals surface area contributed by atoms with Crippen LogP contribution in [0.15, 0.2) is 18.3 Å². The van der Waals surface area contributed by atoms with Crippen LogP contribution in [-0.2, 0) is 6.54 Å². The molecule has 18 heavy (non-hydrogen) atoms. The average Bonchev–Trinajstić information content (AvgIpc) is 2.27. The van der Waals surface area contributed by atoms with E-state index in [1.807, 2.05) is 13.0 Å². The van der Waals surface area contributed by atoms with Crippen molar-refractivity contribution in [2.45, 2.75) is 26.1 Å². The van der Waals surface area contributed by atoms with E-state index in [0.29, 0.717) is 18.5 Å². The average molecular weight is 257 g/mol. The molecule has 1 aromatic heterocycles. The number of pyridine rings is 1. The Balaban J connectivity index is 2.73. The normalized spacial score (nSPS) is 11.6. The van der Waals surface area contributed by atoms with Crippen LogP contribution >= 0.6 is 0 Å². The van der Waals surface area contributed by atoms with Crippen LogP contribution in [0.25, 0.3) is 0 Å². The van der Waals surface area contributed by atoms with E-state index in [2.05, 4.69) is 4.98 Å². The number of rotatable bonds is 5. The maximum atomic E-state index is 12.4. The van der Waals surface area contributed by atoms with Gasteiger partial charge < -0.3 is 0 Å². The molecule has 0 N–H and O–H groups in total. The molecule has 0 aliphatic rings. The fraction of sp³-hybridized carbons (Fsp3) is 0.500. The molecule has 1 heterocycles. The molecule has 0 fully saturated rings. The van der Waals surface area contributed by atoms with Crippen molar-refractivity contribution in [1.29, 1.82) is 5.26 Å². The fourth-order valence-corrected chi connectivity index (χ4v) is 1.68. The van der Waals surface area contributed by atoms with Crippen molar-refractivity contribution in [1.82, 2.24) is 9.88 Å². The predicted octanol–water partition coefficient (Wildman–Crippen LogP) is 2.73. The van der Waals surface area contributed by atoms with Crippen molar-refractivity contribution in [3.8, 4) is 6.07 Å². The molecule has 0 aliphatic carbocycles. The SMILES string of the molecule is CCCN(Cc1ccnc(C#N)c1)CC(F)(F)F. The van der Waals surface area contributed by atoms with Gasteiger partial charge in [0.25, 0.3) is 0 Å². The first-order chi connectivity index (χ1) is 8.44. The summed E-state index contributed by atoms with van der Waals surface area (Å²) >= 11 is 0. The van der Waals surface area contributed by atoms with Gasteiger partial charge >= 0.3 is 6.18 Å². The van der Waals surface area contributed by atoms with Crippen LogP contribution in [0.4, 0.5) is 13.2 Å². The minimum absolute atomic E-state index is 0.171. The van der Waals surface area contributed by atoms with E-state index >= 15 is 0 Å².